The van der Waals surface area contributed by atoms with Crippen molar-refractivity contribution in [1.29, 1.82) is 0 Å². The van der Waals surface area contributed by atoms with E-state index in [4.69, 9.17) is 18.9 Å². The third-order valence-corrected chi connectivity index (χ3v) is 14.9. The molecule has 0 spiro atoms. The number of rotatable bonds is 12. The van der Waals surface area contributed by atoms with Crippen molar-refractivity contribution < 1.29 is 38.1 Å². The van der Waals surface area contributed by atoms with E-state index < -0.39 is 23.9 Å². The molecule has 62 heavy (non-hydrogen) atoms. The van der Waals surface area contributed by atoms with Gasteiger partial charge in [0.2, 0.25) is 0 Å². The van der Waals surface area contributed by atoms with E-state index in [1.165, 1.54) is 24.3 Å². The maximum Gasteiger partial charge on any atom is 0.338 e. The van der Waals surface area contributed by atoms with Gasteiger partial charge in [0.05, 0.1) is 48.7 Å². The highest BCUT2D eigenvalue weighted by Gasteiger charge is 2.48. The number of hydrogen-bond donors (Lipinski definition) is 3. The van der Waals surface area contributed by atoms with Crippen molar-refractivity contribution in [1.82, 2.24) is 16.0 Å². The van der Waals surface area contributed by atoms with Crippen LogP contribution in [-0.4, -0.2) is 83.5 Å². The quantitative estimate of drug-likeness (QED) is 0.139. The zero-order valence-corrected chi connectivity index (χ0v) is 40.7. The molecule has 0 radical (unpaired) electrons. The molecule has 1 saturated carbocycles. The largest absolute Gasteiger partial charge is 0.462 e. The summed E-state index contributed by atoms with van der Waals surface area (Å²) < 4.78 is 24.5. The Kier molecular flexibility index (Phi) is 12.5. The number of nitrogens with one attached hydrogen (secondary N) is 3. The summed E-state index contributed by atoms with van der Waals surface area (Å²) in [6.07, 6.45) is 4.25. The molecular weight excluding hydrogens is 783 g/mol. The molecule has 2 aromatic carbocycles. The Bertz CT molecular complexity index is 1800. The van der Waals surface area contributed by atoms with Gasteiger partial charge in [-0.1, -0.05) is 27.7 Å². The molecule has 0 amide bonds. The number of benzene rings is 2. The van der Waals surface area contributed by atoms with Crippen LogP contribution in [0.3, 0.4) is 0 Å². The van der Waals surface area contributed by atoms with Crippen molar-refractivity contribution in [2.45, 2.75) is 176 Å². The molecule has 11 heteroatoms. The molecule has 4 unspecified atom stereocenters. The van der Waals surface area contributed by atoms with E-state index in [2.05, 4.69) is 127 Å². The van der Waals surface area contributed by atoms with Gasteiger partial charge in [0.1, 0.15) is 0 Å². The molecule has 4 atom stereocenters. The van der Waals surface area contributed by atoms with E-state index in [9.17, 15) is 19.2 Å². The topological polar surface area (TPSA) is 141 Å². The average Bonchev–Trinajstić information content (AvgIpc) is 3.67. The van der Waals surface area contributed by atoms with E-state index in [0.29, 0.717) is 0 Å². The van der Waals surface area contributed by atoms with Crippen LogP contribution in [0.5, 0.6) is 0 Å². The number of hydrogen-bond acceptors (Lipinski definition) is 11. The Labute approximate surface area is 371 Å². The van der Waals surface area contributed by atoms with Crippen LogP contribution in [0.2, 0.25) is 0 Å². The molecular formula is C51H77N3O8. The molecule has 344 valence electrons. The predicted octanol–water partition coefficient (Wildman–Crippen LogP) is 9.43. The minimum absolute atomic E-state index is 0.00804. The normalized spacial score (nSPS) is 28.1. The summed E-state index contributed by atoms with van der Waals surface area (Å²) in [4.78, 5) is 57.9. The second kappa shape index (κ2) is 16.2. The van der Waals surface area contributed by atoms with E-state index in [0.717, 1.165) is 32.1 Å². The third kappa shape index (κ3) is 10.2. The molecule has 11 nitrogen and oxygen atoms in total. The van der Waals surface area contributed by atoms with E-state index in [1.54, 1.807) is 0 Å². The molecule has 3 aliphatic heterocycles. The van der Waals surface area contributed by atoms with Crippen molar-refractivity contribution in [3.63, 3.8) is 0 Å². The lowest BCUT2D eigenvalue weighted by molar-refractivity contribution is 0.0351. The van der Waals surface area contributed by atoms with Gasteiger partial charge < -0.3 is 34.9 Å². The van der Waals surface area contributed by atoms with Crippen molar-refractivity contribution in [3.8, 4) is 0 Å². The Balaban J connectivity index is 1.43. The highest BCUT2D eigenvalue weighted by atomic mass is 16.5. The first-order valence-electron chi connectivity index (χ1n) is 22.9. The molecule has 3 N–H and O–H groups in total. The highest BCUT2D eigenvalue weighted by molar-refractivity contribution is 6.22. The molecule has 3 saturated heterocycles. The van der Waals surface area contributed by atoms with E-state index in [-0.39, 0.29) is 127 Å². The minimum atomic E-state index is -0.672. The maximum atomic E-state index is 14.5. The summed E-state index contributed by atoms with van der Waals surface area (Å²) in [6, 6.07) is 6.05. The fourth-order valence-electron chi connectivity index (χ4n) is 12.4. The van der Waals surface area contributed by atoms with Crippen molar-refractivity contribution in [3.05, 3.63) is 46.5 Å². The number of ether oxygens (including phenoxy) is 4. The van der Waals surface area contributed by atoms with Crippen molar-refractivity contribution in [2.24, 2.45) is 34.5 Å². The second-order valence-electron chi connectivity index (χ2n) is 24.6. The number of carbonyl (C=O) groups excluding carboxylic acids is 4. The smallest absolute Gasteiger partial charge is 0.338 e. The summed E-state index contributed by atoms with van der Waals surface area (Å²) in [5.41, 5.74) is -1.11. The molecule has 0 aromatic heterocycles. The van der Waals surface area contributed by atoms with Crippen LogP contribution in [0.1, 0.15) is 184 Å². The average molecular weight is 860 g/mol. The molecule has 2 aromatic rings. The van der Waals surface area contributed by atoms with Gasteiger partial charge in [0.15, 0.2) is 0 Å². The Morgan fingerprint density at radius 2 is 0.694 bits per heavy atom. The van der Waals surface area contributed by atoms with Gasteiger partial charge in [-0.05, 0) is 156 Å². The summed E-state index contributed by atoms with van der Waals surface area (Å²) in [5, 5.41) is 11.1. The summed E-state index contributed by atoms with van der Waals surface area (Å²) in [5.74, 6) is -2.53. The monoisotopic (exact) mass is 860 g/mol. The van der Waals surface area contributed by atoms with Gasteiger partial charge in [-0.15, -0.1) is 0 Å². The predicted molar refractivity (Wildman–Crippen MR) is 244 cm³/mol. The number of carbonyl (C=O) groups is 4. The summed E-state index contributed by atoms with van der Waals surface area (Å²) in [7, 11) is 0. The van der Waals surface area contributed by atoms with Crippen LogP contribution in [-0.2, 0) is 18.9 Å². The summed E-state index contributed by atoms with van der Waals surface area (Å²) >= 11 is 0. The SMILES string of the molecule is CC1(C)CC(COC(=O)c2ccc(C(=O)OCC3CC(C)(C)NC3(C)C)c3c(C(=O)OCC4CC(C)(C)NC4(C)C)ccc(C(=O)OCC4CC(C)(C)NC4(C)C)c23)C(C)(C)C1. The van der Waals surface area contributed by atoms with Gasteiger partial charge >= 0.3 is 23.9 Å². The fourth-order valence-corrected chi connectivity index (χ4v) is 12.4. The third-order valence-electron chi connectivity index (χ3n) is 14.9. The molecule has 3 heterocycles. The maximum absolute atomic E-state index is 14.5. The molecule has 4 fully saturated rings. The number of esters is 4. The molecule has 4 aliphatic rings. The highest BCUT2D eigenvalue weighted by Crippen LogP contribution is 2.52. The standard InChI is InChI=1S/C51H77N3O8/c1-44(2)21-30(45(3,4)29-44)25-59-40(55)34-17-18-36(42(57)61-27-32-23-47(7,8)53-50(32,13)14)39-37(43(58)62-28-33-24-48(9,10)54-51(33,15)16)20-19-35(38(34)39)41(56)60-26-31-22-46(5,6)52-49(31,11)12/h17-20,30-33,52-54H,21-29H2,1-16H3. The van der Waals surface area contributed by atoms with Gasteiger partial charge in [-0.25, -0.2) is 19.2 Å². The number of fused-ring (bicyclic) bond motifs is 1. The van der Waals surface area contributed by atoms with Crippen molar-refractivity contribution in [2.75, 3.05) is 26.4 Å². The van der Waals surface area contributed by atoms with Crippen LogP contribution >= 0.6 is 0 Å². The van der Waals surface area contributed by atoms with Gasteiger partial charge in [0.25, 0.3) is 0 Å². The second-order valence-corrected chi connectivity index (χ2v) is 24.6. The zero-order valence-electron chi connectivity index (χ0n) is 40.7. The lowest BCUT2D eigenvalue weighted by atomic mass is 9.81. The van der Waals surface area contributed by atoms with Crippen molar-refractivity contribution >= 4 is 34.6 Å². The van der Waals surface area contributed by atoms with Crippen LogP contribution in [0.4, 0.5) is 0 Å². The van der Waals surface area contributed by atoms with E-state index in [1.807, 2.05) is 0 Å². The fraction of sp³-hybridized carbons (Fsp3) is 0.725. The zero-order chi connectivity index (χ0) is 46.2. The van der Waals surface area contributed by atoms with Gasteiger partial charge in [-0.2, -0.15) is 0 Å². The molecule has 1 aliphatic carbocycles. The van der Waals surface area contributed by atoms with Crippen LogP contribution in [0.25, 0.3) is 10.8 Å². The van der Waals surface area contributed by atoms with Crippen LogP contribution in [0.15, 0.2) is 24.3 Å². The lowest BCUT2D eigenvalue weighted by Gasteiger charge is -2.28. The lowest BCUT2D eigenvalue weighted by Crippen LogP contribution is -2.45. The molecule has 6 rings (SSSR count). The minimum Gasteiger partial charge on any atom is -0.462 e. The Hall–Kier alpha value is -3.54. The first kappa shape index (κ1) is 47.9. The Morgan fingerprint density at radius 1 is 0.435 bits per heavy atom. The first-order chi connectivity index (χ1) is 28.2. The molecule has 0 bridgehead atoms. The van der Waals surface area contributed by atoms with Gasteiger partial charge in [0, 0.05) is 61.8 Å². The Morgan fingerprint density at radius 3 is 0.903 bits per heavy atom. The van der Waals surface area contributed by atoms with Crippen LogP contribution in [0, 0.1) is 34.5 Å². The first-order valence-corrected chi connectivity index (χ1v) is 22.9. The van der Waals surface area contributed by atoms with Crippen LogP contribution < -0.4 is 16.0 Å². The van der Waals surface area contributed by atoms with Gasteiger partial charge in [-0.3, -0.25) is 0 Å². The summed E-state index contributed by atoms with van der Waals surface area (Å²) in [6.45, 7) is 34.8. The van der Waals surface area contributed by atoms with E-state index >= 15 is 0 Å².